The number of thiophene rings is 1. The lowest BCUT2D eigenvalue weighted by molar-refractivity contribution is 0.311. The molecule has 0 aliphatic carbocycles. The Balaban J connectivity index is 1.58. The lowest BCUT2D eigenvalue weighted by Crippen LogP contribution is -2.45. The molecule has 1 fully saturated rings. The maximum absolute atomic E-state index is 12.5. The summed E-state index contributed by atoms with van der Waals surface area (Å²) >= 11 is 6.97. The molecule has 1 aliphatic heterocycles. The summed E-state index contributed by atoms with van der Waals surface area (Å²) in [5, 5.41) is 3.46. The summed E-state index contributed by atoms with van der Waals surface area (Å²) < 4.78 is 53.8. The van der Waals surface area contributed by atoms with Crippen molar-refractivity contribution in [2.45, 2.75) is 23.1 Å². The van der Waals surface area contributed by atoms with Crippen molar-refractivity contribution in [1.82, 2.24) is 9.03 Å². The quantitative estimate of drug-likeness (QED) is 0.738. The van der Waals surface area contributed by atoms with Crippen molar-refractivity contribution in [3.8, 4) is 0 Å². The van der Waals surface area contributed by atoms with Gasteiger partial charge in [-0.15, -0.1) is 11.3 Å². The van der Waals surface area contributed by atoms with E-state index in [1.165, 1.54) is 15.8 Å². The van der Waals surface area contributed by atoms with Crippen LogP contribution in [0.2, 0.25) is 5.02 Å². The molecule has 2 aromatic rings. The van der Waals surface area contributed by atoms with Gasteiger partial charge in [-0.05, 0) is 48.1 Å². The van der Waals surface area contributed by atoms with Gasteiger partial charge >= 0.3 is 0 Å². The third kappa shape index (κ3) is 5.40. The van der Waals surface area contributed by atoms with Crippen molar-refractivity contribution in [3.05, 3.63) is 57.8 Å². The van der Waals surface area contributed by atoms with Gasteiger partial charge in [-0.3, -0.25) is 0 Å². The van der Waals surface area contributed by atoms with E-state index in [4.69, 9.17) is 11.6 Å². The first-order valence-electron chi connectivity index (χ1n) is 8.26. The molecule has 6 nitrogen and oxygen atoms in total. The van der Waals surface area contributed by atoms with Crippen molar-refractivity contribution in [2.75, 3.05) is 13.1 Å². The molecule has 0 radical (unpaired) electrons. The van der Waals surface area contributed by atoms with E-state index in [-0.39, 0.29) is 23.3 Å². The van der Waals surface area contributed by atoms with E-state index in [1.807, 2.05) is 0 Å². The van der Waals surface area contributed by atoms with Crippen LogP contribution in [0.5, 0.6) is 0 Å². The number of halogens is 1. The summed E-state index contributed by atoms with van der Waals surface area (Å²) in [4.78, 5) is 0. The first-order valence-corrected chi connectivity index (χ1v) is 12.5. The number of hydrogen-bond donors (Lipinski definition) is 1. The number of piperidine rings is 1. The molecule has 1 saturated heterocycles. The Morgan fingerprint density at radius 3 is 2.33 bits per heavy atom. The fourth-order valence-electron chi connectivity index (χ4n) is 2.75. The van der Waals surface area contributed by atoms with Crippen LogP contribution in [0.4, 0.5) is 0 Å². The van der Waals surface area contributed by atoms with Gasteiger partial charge in [0.25, 0.3) is 0 Å². The molecule has 146 valence electrons. The largest absolute Gasteiger partial charge is 0.250 e. The van der Waals surface area contributed by atoms with Crippen LogP contribution in [0.1, 0.15) is 18.4 Å². The summed E-state index contributed by atoms with van der Waals surface area (Å²) in [6.45, 7) is 0.538. The Morgan fingerprint density at radius 1 is 1.07 bits per heavy atom. The number of nitrogens with one attached hydrogen (secondary N) is 1. The van der Waals surface area contributed by atoms with Crippen molar-refractivity contribution in [3.63, 3.8) is 0 Å². The topological polar surface area (TPSA) is 83.6 Å². The summed E-state index contributed by atoms with van der Waals surface area (Å²) in [6.07, 6.45) is 2.38. The van der Waals surface area contributed by atoms with E-state index in [9.17, 15) is 16.8 Å². The van der Waals surface area contributed by atoms with Gasteiger partial charge < -0.3 is 0 Å². The molecule has 3 rings (SSSR count). The van der Waals surface area contributed by atoms with Gasteiger partial charge in [-0.2, -0.15) is 4.31 Å². The smallest absolute Gasteiger partial charge is 0.208 e. The SMILES string of the molecule is O=S(=O)(NC1CCN(S(=O)(=O)C=Cc2ccc(Cl)cc2)CC1)c1cccs1. The number of benzene rings is 1. The lowest BCUT2D eigenvalue weighted by atomic mass is 10.1. The van der Waals surface area contributed by atoms with Crippen LogP contribution in [0.15, 0.2) is 51.4 Å². The van der Waals surface area contributed by atoms with Crippen molar-refractivity contribution >= 4 is 49.1 Å². The molecule has 0 unspecified atom stereocenters. The molecule has 0 spiro atoms. The molecule has 0 bridgehead atoms. The van der Waals surface area contributed by atoms with Gasteiger partial charge in [0.2, 0.25) is 20.0 Å². The van der Waals surface area contributed by atoms with E-state index in [0.29, 0.717) is 17.9 Å². The van der Waals surface area contributed by atoms with Crippen LogP contribution in [0.3, 0.4) is 0 Å². The minimum atomic E-state index is -3.56. The highest BCUT2D eigenvalue weighted by atomic mass is 35.5. The highest BCUT2D eigenvalue weighted by Gasteiger charge is 2.29. The van der Waals surface area contributed by atoms with E-state index in [0.717, 1.165) is 16.9 Å². The summed E-state index contributed by atoms with van der Waals surface area (Å²) in [5.41, 5.74) is 0.738. The maximum Gasteiger partial charge on any atom is 0.250 e. The highest BCUT2D eigenvalue weighted by molar-refractivity contribution is 7.92. The number of hydrogen-bond acceptors (Lipinski definition) is 5. The van der Waals surface area contributed by atoms with E-state index >= 15 is 0 Å². The highest BCUT2D eigenvalue weighted by Crippen LogP contribution is 2.21. The lowest BCUT2D eigenvalue weighted by Gasteiger charge is -2.30. The second kappa shape index (κ2) is 8.42. The predicted octanol–water partition coefficient (Wildman–Crippen LogP) is 3.14. The molecular formula is C17H19ClN2O4S3. The first-order chi connectivity index (χ1) is 12.8. The van der Waals surface area contributed by atoms with Gasteiger partial charge in [-0.25, -0.2) is 21.6 Å². The summed E-state index contributed by atoms with van der Waals surface area (Å²) in [5.74, 6) is 0. The Labute approximate surface area is 168 Å². The number of sulfonamides is 2. The van der Waals surface area contributed by atoms with Gasteiger partial charge in [0.1, 0.15) is 4.21 Å². The van der Waals surface area contributed by atoms with Crippen molar-refractivity contribution in [2.24, 2.45) is 0 Å². The average Bonchev–Trinajstić information content (AvgIpc) is 3.17. The summed E-state index contributed by atoms with van der Waals surface area (Å²) in [7, 11) is -7.10. The second-order valence-electron chi connectivity index (χ2n) is 6.13. The molecule has 0 atom stereocenters. The first kappa shape index (κ1) is 20.5. The molecule has 0 saturated carbocycles. The number of nitrogens with zero attached hydrogens (tertiary/aromatic N) is 1. The molecular weight excluding hydrogens is 428 g/mol. The molecule has 0 amide bonds. The van der Waals surface area contributed by atoms with Crippen LogP contribution in [-0.4, -0.2) is 40.3 Å². The second-order valence-corrected chi connectivity index (χ2v) is 11.3. The third-order valence-electron chi connectivity index (χ3n) is 4.20. The minimum Gasteiger partial charge on any atom is -0.208 e. The molecule has 27 heavy (non-hydrogen) atoms. The molecule has 10 heteroatoms. The predicted molar refractivity (Wildman–Crippen MR) is 109 cm³/mol. The molecule has 1 aromatic heterocycles. The molecule has 1 aromatic carbocycles. The Kier molecular flexibility index (Phi) is 6.39. The van der Waals surface area contributed by atoms with Crippen molar-refractivity contribution < 1.29 is 16.8 Å². The molecule has 1 aliphatic rings. The van der Waals surface area contributed by atoms with Gasteiger partial charge in [-0.1, -0.05) is 29.8 Å². The van der Waals surface area contributed by atoms with Gasteiger partial charge in [0, 0.05) is 29.6 Å². The Morgan fingerprint density at radius 2 is 1.74 bits per heavy atom. The van der Waals surface area contributed by atoms with Gasteiger partial charge in [0.05, 0.1) is 0 Å². The summed E-state index contributed by atoms with van der Waals surface area (Å²) in [6, 6.07) is 9.82. The van der Waals surface area contributed by atoms with E-state index in [1.54, 1.807) is 41.8 Å². The van der Waals surface area contributed by atoms with Crippen molar-refractivity contribution in [1.29, 1.82) is 0 Å². The minimum absolute atomic E-state index is 0.267. The zero-order valence-corrected chi connectivity index (χ0v) is 17.5. The zero-order chi connectivity index (χ0) is 19.5. The monoisotopic (exact) mass is 446 g/mol. The third-order valence-corrected chi connectivity index (χ3v) is 8.93. The van der Waals surface area contributed by atoms with E-state index in [2.05, 4.69) is 4.72 Å². The number of rotatable bonds is 6. The average molecular weight is 447 g/mol. The maximum atomic E-state index is 12.5. The Bertz CT molecular complexity index is 993. The standard InChI is InChI=1S/C17H19ClN2O4S3/c18-15-5-3-14(4-6-15)9-13-26(21,22)20-10-7-16(8-11-20)19-27(23,24)17-2-1-12-25-17/h1-6,9,12-13,16,19H,7-8,10-11H2. The van der Waals surface area contributed by atoms with Crippen LogP contribution >= 0.6 is 22.9 Å². The van der Waals surface area contributed by atoms with Crippen LogP contribution in [0.25, 0.3) is 6.08 Å². The van der Waals surface area contributed by atoms with Crippen LogP contribution in [-0.2, 0) is 20.0 Å². The Hall–Kier alpha value is -1.23. The normalized spacial score (nSPS) is 17.5. The fourth-order valence-corrected chi connectivity index (χ4v) is 6.41. The molecule has 2 heterocycles. The van der Waals surface area contributed by atoms with Gasteiger partial charge in [0.15, 0.2) is 0 Å². The fraction of sp³-hybridized carbons (Fsp3) is 0.294. The zero-order valence-electron chi connectivity index (χ0n) is 14.3. The van der Waals surface area contributed by atoms with Crippen LogP contribution < -0.4 is 4.72 Å². The van der Waals surface area contributed by atoms with E-state index < -0.39 is 20.0 Å². The van der Waals surface area contributed by atoms with Crippen LogP contribution in [0, 0.1) is 0 Å². The molecule has 1 N–H and O–H groups in total.